The second kappa shape index (κ2) is 10.6. The predicted molar refractivity (Wildman–Crippen MR) is 116 cm³/mol. The maximum Gasteiger partial charge on any atom is 0.321 e. The molecule has 4 amide bonds. The topological polar surface area (TPSA) is 93.8 Å². The number of hydrogen-bond donors (Lipinski definition) is 3. The molecule has 3 rings (SSSR count). The molecule has 0 radical (unpaired) electrons. The quantitative estimate of drug-likeness (QED) is 0.547. The molecule has 30 heavy (non-hydrogen) atoms. The van der Waals surface area contributed by atoms with Crippen LogP contribution in [0.25, 0.3) is 0 Å². The number of nitrogens with zero attached hydrogens (tertiary/aromatic N) is 2. The number of piperazine rings is 1. The molecule has 170 valence electrons. The molecule has 2 bridgehead atoms. The zero-order valence-electron chi connectivity index (χ0n) is 18.8. The Kier molecular flexibility index (Phi) is 8.11. The van der Waals surface area contributed by atoms with E-state index in [0.29, 0.717) is 25.6 Å². The Bertz CT molecular complexity index is 620. The van der Waals surface area contributed by atoms with E-state index in [2.05, 4.69) is 27.8 Å². The molecule has 1 heterocycles. The highest BCUT2D eigenvalue weighted by Gasteiger charge is 2.42. The molecule has 0 aromatic heterocycles. The van der Waals surface area contributed by atoms with Crippen molar-refractivity contribution in [2.24, 2.45) is 17.8 Å². The first-order valence-corrected chi connectivity index (χ1v) is 11.7. The summed E-state index contributed by atoms with van der Waals surface area (Å²) >= 11 is 0. The van der Waals surface area contributed by atoms with E-state index in [4.69, 9.17) is 0 Å². The molecule has 1 aliphatic heterocycles. The molecule has 8 nitrogen and oxygen atoms in total. The first-order valence-electron chi connectivity index (χ1n) is 11.7. The first-order chi connectivity index (χ1) is 14.3. The zero-order valence-corrected chi connectivity index (χ0v) is 18.8. The number of amides is 4. The fourth-order valence-electron chi connectivity index (χ4n) is 5.36. The van der Waals surface area contributed by atoms with Gasteiger partial charge in [-0.05, 0) is 57.3 Å². The maximum atomic E-state index is 12.3. The number of rotatable bonds is 8. The molecule has 3 N–H and O–H groups in total. The lowest BCUT2D eigenvalue weighted by atomic mass is 9.84. The second-order valence-electron chi connectivity index (χ2n) is 9.58. The number of carbonyl (C=O) groups is 3. The van der Waals surface area contributed by atoms with Crippen molar-refractivity contribution in [2.45, 2.75) is 65.0 Å². The summed E-state index contributed by atoms with van der Waals surface area (Å²) in [7, 11) is 0. The number of imide groups is 1. The number of nitrogens with one attached hydrogen (secondary N) is 3. The zero-order chi connectivity index (χ0) is 21.7. The van der Waals surface area contributed by atoms with Crippen LogP contribution in [0.1, 0.15) is 52.9 Å². The van der Waals surface area contributed by atoms with Gasteiger partial charge in [0.05, 0.1) is 13.1 Å². The summed E-state index contributed by atoms with van der Waals surface area (Å²) in [5, 5.41) is 8.45. The molecule has 3 fully saturated rings. The highest BCUT2D eigenvalue weighted by molar-refractivity contribution is 5.95. The third-order valence-electron chi connectivity index (χ3n) is 7.27. The number of urea groups is 1. The van der Waals surface area contributed by atoms with Crippen molar-refractivity contribution in [3.8, 4) is 0 Å². The third kappa shape index (κ3) is 6.41. The van der Waals surface area contributed by atoms with E-state index in [1.54, 1.807) is 0 Å². The summed E-state index contributed by atoms with van der Waals surface area (Å²) in [6.45, 7) is 9.64. The van der Waals surface area contributed by atoms with Gasteiger partial charge < -0.3 is 10.6 Å². The monoisotopic (exact) mass is 421 g/mol. The summed E-state index contributed by atoms with van der Waals surface area (Å²) < 4.78 is 0. The molecule has 0 spiro atoms. The Morgan fingerprint density at radius 2 is 1.53 bits per heavy atom. The van der Waals surface area contributed by atoms with Crippen molar-refractivity contribution in [1.29, 1.82) is 0 Å². The molecule has 2 saturated carbocycles. The molecule has 5 atom stereocenters. The van der Waals surface area contributed by atoms with Crippen molar-refractivity contribution in [1.82, 2.24) is 25.8 Å². The van der Waals surface area contributed by atoms with Crippen LogP contribution in [-0.4, -0.2) is 79.0 Å². The van der Waals surface area contributed by atoms with Gasteiger partial charge in [-0.3, -0.25) is 24.7 Å². The van der Waals surface area contributed by atoms with E-state index in [1.807, 2.05) is 18.7 Å². The molecule has 5 unspecified atom stereocenters. The van der Waals surface area contributed by atoms with E-state index in [-0.39, 0.29) is 36.5 Å². The molecule has 8 heteroatoms. The summed E-state index contributed by atoms with van der Waals surface area (Å²) in [5.41, 5.74) is 0. The van der Waals surface area contributed by atoms with Crippen LogP contribution in [0.3, 0.4) is 0 Å². The van der Waals surface area contributed by atoms with Crippen LogP contribution in [0, 0.1) is 17.8 Å². The third-order valence-corrected chi connectivity index (χ3v) is 7.27. The van der Waals surface area contributed by atoms with Crippen molar-refractivity contribution in [2.75, 3.05) is 39.3 Å². The summed E-state index contributed by atoms with van der Waals surface area (Å²) in [6.07, 6.45) is 6.06. The Morgan fingerprint density at radius 3 is 2.07 bits per heavy atom. The minimum atomic E-state index is -0.379. The highest BCUT2D eigenvalue weighted by atomic mass is 16.2. The number of hydrogen-bond acceptors (Lipinski definition) is 5. The van der Waals surface area contributed by atoms with Gasteiger partial charge in [0, 0.05) is 38.3 Å². The van der Waals surface area contributed by atoms with Crippen LogP contribution < -0.4 is 16.0 Å². The Morgan fingerprint density at radius 1 is 0.900 bits per heavy atom. The van der Waals surface area contributed by atoms with Crippen LogP contribution in [0.5, 0.6) is 0 Å². The molecular formula is C22H39N5O3. The average molecular weight is 422 g/mol. The van der Waals surface area contributed by atoms with Gasteiger partial charge in [0.2, 0.25) is 11.8 Å². The largest absolute Gasteiger partial charge is 0.353 e. The molecular weight excluding hydrogens is 382 g/mol. The predicted octanol–water partition coefficient (Wildman–Crippen LogP) is 1.17. The van der Waals surface area contributed by atoms with E-state index in [1.165, 1.54) is 25.7 Å². The highest BCUT2D eigenvalue weighted by Crippen LogP contribution is 2.49. The summed E-state index contributed by atoms with van der Waals surface area (Å²) in [4.78, 5) is 40.7. The van der Waals surface area contributed by atoms with Gasteiger partial charge >= 0.3 is 6.03 Å². The fraction of sp³-hybridized carbons (Fsp3) is 0.864. The lowest BCUT2D eigenvalue weighted by Gasteiger charge is -2.34. The van der Waals surface area contributed by atoms with Crippen LogP contribution in [-0.2, 0) is 9.59 Å². The lowest BCUT2D eigenvalue weighted by molar-refractivity contribution is -0.125. The van der Waals surface area contributed by atoms with E-state index < -0.39 is 0 Å². The summed E-state index contributed by atoms with van der Waals surface area (Å²) in [5.74, 6) is 1.92. The van der Waals surface area contributed by atoms with Crippen molar-refractivity contribution in [3.05, 3.63) is 0 Å². The minimum Gasteiger partial charge on any atom is -0.353 e. The first kappa shape index (κ1) is 23.0. The molecule has 0 aromatic carbocycles. The van der Waals surface area contributed by atoms with Crippen molar-refractivity contribution >= 4 is 17.8 Å². The van der Waals surface area contributed by atoms with Gasteiger partial charge in [-0.25, -0.2) is 4.79 Å². The Labute approximate surface area is 180 Å². The number of carbonyl (C=O) groups excluding carboxylic acids is 3. The van der Waals surface area contributed by atoms with Gasteiger partial charge in [-0.15, -0.1) is 0 Å². The lowest BCUT2D eigenvalue weighted by Crippen LogP contribution is -2.53. The fourth-order valence-corrected chi connectivity index (χ4v) is 5.36. The number of fused-ring (bicyclic) bond motifs is 2. The smallest absolute Gasteiger partial charge is 0.321 e. The van der Waals surface area contributed by atoms with Crippen LogP contribution >= 0.6 is 0 Å². The molecule has 2 aliphatic carbocycles. The van der Waals surface area contributed by atoms with Gasteiger partial charge in [0.1, 0.15) is 0 Å². The Hall–Kier alpha value is -1.67. The minimum absolute atomic E-state index is 0.0526. The van der Waals surface area contributed by atoms with Crippen LogP contribution in [0.4, 0.5) is 4.79 Å². The second-order valence-corrected chi connectivity index (χ2v) is 9.58. The van der Waals surface area contributed by atoms with E-state index in [0.717, 1.165) is 31.3 Å². The molecule has 1 saturated heterocycles. The normalized spacial score (nSPS) is 28.7. The summed E-state index contributed by atoms with van der Waals surface area (Å²) in [6, 6.07) is -0.0750. The molecule has 0 aromatic rings. The van der Waals surface area contributed by atoms with Gasteiger partial charge in [-0.1, -0.05) is 13.3 Å². The van der Waals surface area contributed by atoms with Crippen molar-refractivity contribution in [3.63, 3.8) is 0 Å². The van der Waals surface area contributed by atoms with Gasteiger partial charge in [0.25, 0.3) is 0 Å². The van der Waals surface area contributed by atoms with Gasteiger partial charge in [0.15, 0.2) is 0 Å². The van der Waals surface area contributed by atoms with Gasteiger partial charge in [-0.2, -0.15) is 0 Å². The van der Waals surface area contributed by atoms with Crippen LogP contribution in [0.15, 0.2) is 0 Å². The Balaban J connectivity index is 1.31. The standard InChI is InChI=1S/C22H39N5O3/c1-4-15(2)23-20(28)13-26-7-9-27(10-8-26)14-21(29)25-22(30)24-16(3)19-12-17-5-6-18(19)11-17/h15-19H,4-14H2,1-3H3,(H,23,28)(H2,24,25,29,30). The SMILES string of the molecule is CCC(C)NC(=O)CN1CCN(CC(=O)NC(=O)NC(C)C2CC3CCC2C3)CC1. The maximum absolute atomic E-state index is 12.3. The van der Waals surface area contributed by atoms with E-state index >= 15 is 0 Å². The van der Waals surface area contributed by atoms with E-state index in [9.17, 15) is 14.4 Å². The molecule has 3 aliphatic rings. The van der Waals surface area contributed by atoms with Crippen LogP contribution in [0.2, 0.25) is 0 Å². The average Bonchev–Trinajstić information content (AvgIpc) is 3.32. The van der Waals surface area contributed by atoms with Crippen molar-refractivity contribution < 1.29 is 14.4 Å².